The van der Waals surface area contributed by atoms with E-state index in [0.29, 0.717) is 28.6 Å². The SMILES string of the molecule is Cc1c(Cl)cccc1S(=O)(=O)N1CCS[C@H](c2ccco2)CC1. The molecule has 1 aromatic carbocycles. The van der Waals surface area contributed by atoms with E-state index in [-0.39, 0.29) is 5.25 Å². The van der Waals surface area contributed by atoms with Gasteiger partial charge in [0.2, 0.25) is 10.0 Å². The van der Waals surface area contributed by atoms with Crippen molar-refractivity contribution in [3.63, 3.8) is 0 Å². The van der Waals surface area contributed by atoms with E-state index >= 15 is 0 Å². The lowest BCUT2D eigenvalue weighted by Gasteiger charge is -2.21. The largest absolute Gasteiger partial charge is 0.468 e. The summed E-state index contributed by atoms with van der Waals surface area (Å²) < 4.78 is 32.9. The Morgan fingerprint density at radius 1 is 1.26 bits per heavy atom. The Morgan fingerprint density at radius 3 is 2.83 bits per heavy atom. The number of benzene rings is 1. The minimum absolute atomic E-state index is 0.200. The first-order chi connectivity index (χ1) is 11.0. The van der Waals surface area contributed by atoms with Crippen LogP contribution in [0, 0.1) is 6.92 Å². The fraction of sp³-hybridized carbons (Fsp3) is 0.375. The van der Waals surface area contributed by atoms with Crippen LogP contribution in [0.1, 0.15) is 23.0 Å². The van der Waals surface area contributed by atoms with Gasteiger partial charge in [0.1, 0.15) is 5.76 Å². The summed E-state index contributed by atoms with van der Waals surface area (Å²) in [5.41, 5.74) is 0.605. The number of furan rings is 1. The van der Waals surface area contributed by atoms with E-state index in [1.165, 1.54) is 0 Å². The highest BCUT2D eigenvalue weighted by Gasteiger charge is 2.30. The van der Waals surface area contributed by atoms with Gasteiger partial charge in [-0.05, 0) is 43.2 Å². The molecule has 4 nitrogen and oxygen atoms in total. The van der Waals surface area contributed by atoms with Gasteiger partial charge in [0, 0.05) is 23.9 Å². The number of halogens is 1. The molecule has 3 rings (SSSR count). The van der Waals surface area contributed by atoms with Gasteiger partial charge >= 0.3 is 0 Å². The molecule has 23 heavy (non-hydrogen) atoms. The summed E-state index contributed by atoms with van der Waals surface area (Å²) in [6.45, 7) is 2.72. The Hall–Kier alpha value is -0.950. The highest BCUT2D eigenvalue weighted by atomic mass is 35.5. The van der Waals surface area contributed by atoms with Gasteiger partial charge in [-0.15, -0.1) is 11.8 Å². The van der Waals surface area contributed by atoms with E-state index in [2.05, 4.69) is 0 Å². The monoisotopic (exact) mass is 371 g/mol. The molecule has 7 heteroatoms. The van der Waals surface area contributed by atoms with E-state index in [1.807, 2.05) is 12.1 Å². The molecule has 0 bridgehead atoms. The van der Waals surface area contributed by atoms with Crippen LogP contribution in [-0.4, -0.2) is 31.6 Å². The first kappa shape index (κ1) is 16.9. The van der Waals surface area contributed by atoms with Gasteiger partial charge in [-0.1, -0.05) is 17.7 Å². The lowest BCUT2D eigenvalue weighted by molar-refractivity contribution is 0.417. The molecule has 1 aromatic heterocycles. The van der Waals surface area contributed by atoms with E-state index < -0.39 is 10.0 Å². The molecule has 1 fully saturated rings. The maximum absolute atomic E-state index is 12.9. The van der Waals surface area contributed by atoms with Gasteiger partial charge in [-0.3, -0.25) is 0 Å². The second kappa shape index (κ2) is 6.89. The number of sulfonamides is 1. The quantitative estimate of drug-likeness (QED) is 0.814. The fourth-order valence-electron chi connectivity index (χ4n) is 2.70. The summed E-state index contributed by atoms with van der Waals surface area (Å²) in [7, 11) is -3.53. The van der Waals surface area contributed by atoms with Crippen LogP contribution < -0.4 is 0 Å². The maximum Gasteiger partial charge on any atom is 0.243 e. The molecule has 2 heterocycles. The molecule has 0 spiro atoms. The first-order valence-electron chi connectivity index (χ1n) is 7.40. The third-order valence-electron chi connectivity index (χ3n) is 4.00. The summed E-state index contributed by atoms with van der Waals surface area (Å²) in [4.78, 5) is 0.298. The zero-order chi connectivity index (χ0) is 16.4. The number of nitrogens with zero attached hydrogens (tertiary/aromatic N) is 1. The van der Waals surface area contributed by atoms with Crippen LogP contribution in [0.5, 0.6) is 0 Å². The summed E-state index contributed by atoms with van der Waals surface area (Å²) in [5.74, 6) is 1.65. The first-order valence-corrected chi connectivity index (χ1v) is 10.3. The average molecular weight is 372 g/mol. The van der Waals surface area contributed by atoms with Gasteiger partial charge in [0.15, 0.2) is 0 Å². The van der Waals surface area contributed by atoms with E-state index in [0.717, 1.165) is 17.9 Å². The molecule has 2 aromatic rings. The van der Waals surface area contributed by atoms with Crippen LogP contribution in [0.3, 0.4) is 0 Å². The molecular weight excluding hydrogens is 354 g/mol. The van der Waals surface area contributed by atoms with Crippen LogP contribution >= 0.6 is 23.4 Å². The molecule has 1 aliphatic rings. The van der Waals surface area contributed by atoms with E-state index in [1.54, 1.807) is 47.5 Å². The number of hydrogen-bond donors (Lipinski definition) is 0. The predicted octanol–water partition coefficient (Wildman–Crippen LogP) is 4.11. The minimum atomic E-state index is -3.53. The Balaban J connectivity index is 1.82. The number of rotatable bonds is 3. The maximum atomic E-state index is 12.9. The lowest BCUT2D eigenvalue weighted by atomic mass is 10.2. The minimum Gasteiger partial charge on any atom is -0.468 e. The molecule has 1 atom stereocenters. The van der Waals surface area contributed by atoms with Crippen molar-refractivity contribution < 1.29 is 12.8 Å². The second-order valence-corrected chi connectivity index (χ2v) is 9.05. The van der Waals surface area contributed by atoms with Crippen molar-refractivity contribution in [3.8, 4) is 0 Å². The van der Waals surface area contributed by atoms with Crippen molar-refractivity contribution in [1.82, 2.24) is 4.31 Å². The van der Waals surface area contributed by atoms with E-state index in [4.69, 9.17) is 16.0 Å². The van der Waals surface area contributed by atoms with Crippen LogP contribution in [-0.2, 0) is 10.0 Å². The van der Waals surface area contributed by atoms with Crippen molar-refractivity contribution >= 4 is 33.4 Å². The molecule has 1 aliphatic heterocycles. The van der Waals surface area contributed by atoms with Crippen LogP contribution in [0.2, 0.25) is 5.02 Å². The predicted molar refractivity (Wildman–Crippen MR) is 93.5 cm³/mol. The Labute approximate surface area is 145 Å². The van der Waals surface area contributed by atoms with Crippen molar-refractivity contribution in [2.24, 2.45) is 0 Å². The Bertz CT molecular complexity index is 775. The van der Waals surface area contributed by atoms with Gasteiger partial charge < -0.3 is 4.42 Å². The van der Waals surface area contributed by atoms with Crippen LogP contribution in [0.4, 0.5) is 0 Å². The van der Waals surface area contributed by atoms with Gasteiger partial charge in [0.25, 0.3) is 0 Å². The second-order valence-electron chi connectivity index (χ2n) is 5.43. The summed E-state index contributed by atoms with van der Waals surface area (Å²) in [5, 5.41) is 0.675. The molecule has 0 unspecified atom stereocenters. The highest BCUT2D eigenvalue weighted by Crippen LogP contribution is 2.36. The van der Waals surface area contributed by atoms with Gasteiger partial charge in [-0.25, -0.2) is 8.42 Å². The highest BCUT2D eigenvalue weighted by molar-refractivity contribution is 7.99. The molecular formula is C16H18ClNO3S2. The zero-order valence-corrected chi connectivity index (χ0v) is 15.1. The van der Waals surface area contributed by atoms with Crippen molar-refractivity contribution in [2.45, 2.75) is 23.5 Å². The number of hydrogen-bond acceptors (Lipinski definition) is 4. The topological polar surface area (TPSA) is 50.5 Å². The van der Waals surface area contributed by atoms with Crippen LogP contribution in [0.15, 0.2) is 45.9 Å². The molecule has 0 N–H and O–H groups in total. The van der Waals surface area contributed by atoms with Crippen molar-refractivity contribution in [2.75, 3.05) is 18.8 Å². The van der Waals surface area contributed by atoms with E-state index in [9.17, 15) is 8.42 Å². The Kier molecular flexibility index (Phi) is 5.06. The summed E-state index contributed by atoms with van der Waals surface area (Å²) in [6.07, 6.45) is 2.39. The average Bonchev–Trinajstić information content (AvgIpc) is 2.94. The Morgan fingerprint density at radius 2 is 2.09 bits per heavy atom. The molecule has 124 valence electrons. The summed E-state index contributed by atoms with van der Waals surface area (Å²) >= 11 is 7.82. The normalized spacial score (nSPS) is 20.3. The fourth-order valence-corrected chi connectivity index (χ4v) is 5.93. The van der Waals surface area contributed by atoms with Gasteiger partial charge in [-0.2, -0.15) is 4.31 Å². The molecule has 0 aliphatic carbocycles. The molecule has 0 amide bonds. The van der Waals surface area contributed by atoms with Crippen molar-refractivity contribution in [1.29, 1.82) is 0 Å². The van der Waals surface area contributed by atoms with Crippen molar-refractivity contribution in [3.05, 3.63) is 52.9 Å². The molecule has 0 radical (unpaired) electrons. The summed E-state index contributed by atoms with van der Waals surface area (Å²) in [6, 6.07) is 8.83. The standard InChI is InChI=1S/C16H18ClNO3S2/c1-12-13(17)4-2-6-16(12)23(19,20)18-8-7-15(22-11-9-18)14-5-3-10-21-14/h2-6,10,15H,7-9,11H2,1H3/t15-/m0/s1. The zero-order valence-electron chi connectivity index (χ0n) is 12.7. The molecule has 0 saturated carbocycles. The molecule has 1 saturated heterocycles. The third-order valence-corrected chi connectivity index (χ3v) is 7.74. The smallest absolute Gasteiger partial charge is 0.243 e. The third kappa shape index (κ3) is 3.45. The van der Waals surface area contributed by atoms with Gasteiger partial charge in [0.05, 0.1) is 16.4 Å². The van der Waals surface area contributed by atoms with Crippen LogP contribution in [0.25, 0.3) is 0 Å². The lowest BCUT2D eigenvalue weighted by Crippen LogP contribution is -2.33. The number of thioether (sulfide) groups is 1.